The van der Waals surface area contributed by atoms with Gasteiger partial charge in [0.1, 0.15) is 29.0 Å². The van der Waals surface area contributed by atoms with E-state index in [1.165, 1.54) is 7.11 Å². The van der Waals surface area contributed by atoms with Crippen LogP contribution < -0.4 is 18.9 Å². The van der Waals surface area contributed by atoms with Crippen molar-refractivity contribution < 1.29 is 28.5 Å². The molecule has 164 valence electrons. The summed E-state index contributed by atoms with van der Waals surface area (Å²) in [5.41, 5.74) is 1.88. The molecular formula is C22H28BrNO6. The average molecular weight is 482 g/mol. The fraction of sp³-hybridized carbons (Fsp3) is 0.409. The number of carbonyl (C=O) groups is 1. The summed E-state index contributed by atoms with van der Waals surface area (Å²) in [5.74, 6) is 2.40. The molecule has 1 atom stereocenters. The molecule has 0 aliphatic carbocycles. The molecule has 0 saturated carbocycles. The fourth-order valence-electron chi connectivity index (χ4n) is 3.11. The maximum absolute atomic E-state index is 12.5. The van der Waals surface area contributed by atoms with Crippen LogP contribution in [0.4, 0.5) is 0 Å². The zero-order chi connectivity index (χ0) is 22.1. The molecule has 0 aliphatic heterocycles. The van der Waals surface area contributed by atoms with Gasteiger partial charge in [0.25, 0.3) is 0 Å². The Morgan fingerprint density at radius 3 is 1.40 bits per heavy atom. The molecule has 0 radical (unpaired) electrons. The maximum atomic E-state index is 12.5. The van der Waals surface area contributed by atoms with Gasteiger partial charge in [-0.05, 0) is 35.4 Å². The normalized spacial score (nSPS) is 11.7. The van der Waals surface area contributed by atoms with Crippen LogP contribution in [0, 0.1) is 0 Å². The van der Waals surface area contributed by atoms with E-state index < -0.39 is 6.04 Å². The van der Waals surface area contributed by atoms with Crippen LogP contribution in [0.1, 0.15) is 11.1 Å². The van der Waals surface area contributed by atoms with E-state index in [2.05, 4.69) is 15.9 Å². The summed E-state index contributed by atoms with van der Waals surface area (Å²) in [5, 5.41) is 0.419. The van der Waals surface area contributed by atoms with E-state index in [-0.39, 0.29) is 5.97 Å². The molecule has 0 fully saturated rings. The first-order valence-electron chi connectivity index (χ1n) is 9.29. The van der Waals surface area contributed by atoms with Crippen molar-refractivity contribution in [2.45, 2.75) is 19.1 Å². The van der Waals surface area contributed by atoms with Gasteiger partial charge >= 0.3 is 5.97 Å². The summed E-state index contributed by atoms with van der Waals surface area (Å²) in [4.78, 5) is 14.5. The lowest BCUT2D eigenvalue weighted by Crippen LogP contribution is -2.42. The highest BCUT2D eigenvalue weighted by atomic mass is 79.9. The monoisotopic (exact) mass is 481 g/mol. The van der Waals surface area contributed by atoms with Crippen LogP contribution in [-0.4, -0.2) is 57.8 Å². The zero-order valence-electron chi connectivity index (χ0n) is 17.9. The number of ether oxygens (including phenoxy) is 5. The molecule has 0 N–H and O–H groups in total. The number of rotatable bonds is 11. The minimum absolute atomic E-state index is 0.323. The fourth-order valence-corrected chi connectivity index (χ4v) is 3.78. The molecular weight excluding hydrogens is 454 g/mol. The molecule has 0 bridgehead atoms. The van der Waals surface area contributed by atoms with E-state index >= 15 is 0 Å². The van der Waals surface area contributed by atoms with E-state index in [1.807, 2.05) is 41.3 Å². The van der Waals surface area contributed by atoms with Crippen molar-refractivity contribution in [3.05, 3.63) is 47.5 Å². The van der Waals surface area contributed by atoms with Gasteiger partial charge in [0.15, 0.2) is 0 Å². The molecule has 0 saturated heterocycles. The minimum Gasteiger partial charge on any atom is -0.497 e. The number of methoxy groups -OCH3 is 5. The zero-order valence-corrected chi connectivity index (χ0v) is 19.5. The van der Waals surface area contributed by atoms with Crippen LogP contribution in [0.5, 0.6) is 23.0 Å². The molecule has 0 heterocycles. The molecule has 2 aromatic carbocycles. The Morgan fingerprint density at radius 1 is 0.767 bits per heavy atom. The number of halogens is 1. The van der Waals surface area contributed by atoms with Crippen LogP contribution in [0.3, 0.4) is 0 Å². The molecule has 30 heavy (non-hydrogen) atoms. The Kier molecular flexibility index (Phi) is 9.26. The lowest BCUT2D eigenvalue weighted by Gasteiger charge is -2.29. The Labute approximate surface area is 185 Å². The predicted octanol–water partition coefficient (Wildman–Crippen LogP) is 3.66. The SMILES string of the molecule is COC(=O)C(CBr)N(Cc1cc(OC)cc(OC)c1)Cc1cc(OC)cc(OC)c1. The number of hydrogen-bond acceptors (Lipinski definition) is 7. The van der Waals surface area contributed by atoms with Gasteiger partial charge in [0.05, 0.1) is 35.5 Å². The summed E-state index contributed by atoms with van der Waals surface area (Å²) >= 11 is 3.46. The van der Waals surface area contributed by atoms with Gasteiger partial charge in [0.2, 0.25) is 0 Å². The van der Waals surface area contributed by atoms with Crippen molar-refractivity contribution in [1.29, 1.82) is 0 Å². The first-order chi connectivity index (χ1) is 14.5. The third-order valence-electron chi connectivity index (χ3n) is 4.65. The highest BCUT2D eigenvalue weighted by Crippen LogP contribution is 2.27. The lowest BCUT2D eigenvalue weighted by molar-refractivity contribution is -0.146. The maximum Gasteiger partial charge on any atom is 0.323 e. The van der Waals surface area contributed by atoms with Gasteiger partial charge in [0, 0.05) is 30.6 Å². The quantitative estimate of drug-likeness (QED) is 0.358. The van der Waals surface area contributed by atoms with Crippen molar-refractivity contribution in [3.63, 3.8) is 0 Å². The van der Waals surface area contributed by atoms with Gasteiger partial charge in [-0.15, -0.1) is 0 Å². The molecule has 2 rings (SSSR count). The van der Waals surface area contributed by atoms with Gasteiger partial charge in [-0.3, -0.25) is 9.69 Å². The molecule has 0 aromatic heterocycles. The van der Waals surface area contributed by atoms with Crippen LogP contribution >= 0.6 is 15.9 Å². The number of carbonyl (C=O) groups excluding carboxylic acids is 1. The molecule has 8 heteroatoms. The average Bonchev–Trinajstić information content (AvgIpc) is 2.78. The van der Waals surface area contributed by atoms with Gasteiger partial charge in [-0.2, -0.15) is 0 Å². The van der Waals surface area contributed by atoms with Crippen molar-refractivity contribution in [2.24, 2.45) is 0 Å². The Morgan fingerprint density at radius 2 is 1.13 bits per heavy atom. The summed E-state index contributed by atoms with van der Waals surface area (Å²) in [7, 11) is 7.81. The largest absolute Gasteiger partial charge is 0.497 e. The molecule has 1 unspecified atom stereocenters. The number of nitrogens with zero attached hydrogens (tertiary/aromatic N) is 1. The van der Waals surface area contributed by atoms with E-state index in [0.717, 1.165) is 11.1 Å². The van der Waals surface area contributed by atoms with Crippen molar-refractivity contribution in [1.82, 2.24) is 4.90 Å². The second-order valence-corrected chi connectivity index (χ2v) is 7.19. The van der Waals surface area contributed by atoms with Crippen molar-refractivity contribution in [3.8, 4) is 23.0 Å². The van der Waals surface area contributed by atoms with Crippen molar-refractivity contribution in [2.75, 3.05) is 40.9 Å². The smallest absolute Gasteiger partial charge is 0.323 e. The first kappa shape index (κ1) is 23.8. The third kappa shape index (κ3) is 6.27. The number of hydrogen-bond donors (Lipinski definition) is 0. The molecule has 7 nitrogen and oxygen atoms in total. The number of esters is 1. The number of alkyl halides is 1. The topological polar surface area (TPSA) is 66.5 Å². The summed E-state index contributed by atoms with van der Waals surface area (Å²) in [6.45, 7) is 0.941. The molecule has 0 aliphatic rings. The molecule has 2 aromatic rings. The van der Waals surface area contributed by atoms with Crippen molar-refractivity contribution >= 4 is 21.9 Å². The van der Waals surface area contributed by atoms with Gasteiger partial charge in [-0.25, -0.2) is 0 Å². The lowest BCUT2D eigenvalue weighted by atomic mass is 10.1. The first-order valence-corrected chi connectivity index (χ1v) is 10.4. The summed E-state index contributed by atoms with van der Waals surface area (Å²) < 4.78 is 26.6. The minimum atomic E-state index is -0.496. The standard InChI is InChI=1S/C22H28BrNO6/c1-26-17-6-15(7-18(10-17)27-2)13-24(21(12-23)22(25)30-5)14-16-8-19(28-3)11-20(9-16)29-4/h6-11,21H,12-14H2,1-5H3. The Balaban J connectivity index is 2.42. The number of benzene rings is 2. The van der Waals surface area contributed by atoms with Gasteiger partial charge < -0.3 is 23.7 Å². The molecule has 0 spiro atoms. The Hall–Kier alpha value is -2.45. The molecule has 0 amide bonds. The second kappa shape index (κ2) is 11.7. The van der Waals surface area contributed by atoms with Crippen LogP contribution in [-0.2, 0) is 22.6 Å². The highest BCUT2D eigenvalue weighted by Gasteiger charge is 2.27. The second-order valence-electron chi connectivity index (χ2n) is 6.54. The highest BCUT2D eigenvalue weighted by molar-refractivity contribution is 9.09. The van der Waals surface area contributed by atoms with E-state index in [4.69, 9.17) is 23.7 Å². The third-order valence-corrected chi connectivity index (χ3v) is 5.27. The van der Waals surface area contributed by atoms with Crippen LogP contribution in [0.15, 0.2) is 36.4 Å². The summed E-state index contributed by atoms with van der Waals surface area (Å²) in [6.07, 6.45) is 0. The van der Waals surface area contributed by atoms with E-state index in [1.54, 1.807) is 28.4 Å². The van der Waals surface area contributed by atoms with Crippen LogP contribution in [0.25, 0.3) is 0 Å². The summed E-state index contributed by atoms with van der Waals surface area (Å²) in [6, 6.07) is 10.8. The van der Waals surface area contributed by atoms with Gasteiger partial charge in [-0.1, -0.05) is 15.9 Å². The van der Waals surface area contributed by atoms with E-state index in [0.29, 0.717) is 41.4 Å². The Bertz CT molecular complexity index is 742. The predicted molar refractivity (Wildman–Crippen MR) is 118 cm³/mol. The van der Waals surface area contributed by atoms with E-state index in [9.17, 15) is 4.79 Å². The van der Waals surface area contributed by atoms with Crippen LogP contribution in [0.2, 0.25) is 0 Å².